The van der Waals surface area contributed by atoms with E-state index in [1.165, 1.54) is 12.1 Å². The fourth-order valence-electron chi connectivity index (χ4n) is 4.88. The second kappa shape index (κ2) is 9.04. The van der Waals surface area contributed by atoms with E-state index in [0.717, 1.165) is 38.4 Å². The lowest BCUT2D eigenvalue weighted by atomic mass is 9.97. The van der Waals surface area contributed by atoms with Gasteiger partial charge in [-0.05, 0) is 55.7 Å². The van der Waals surface area contributed by atoms with Crippen molar-refractivity contribution in [3.8, 4) is 0 Å². The van der Waals surface area contributed by atoms with Gasteiger partial charge >= 0.3 is 6.18 Å². The van der Waals surface area contributed by atoms with Crippen molar-refractivity contribution in [3.05, 3.63) is 35.4 Å². The van der Waals surface area contributed by atoms with Gasteiger partial charge in [0.05, 0.1) is 11.6 Å². The molecule has 4 nitrogen and oxygen atoms in total. The summed E-state index contributed by atoms with van der Waals surface area (Å²) in [6, 6.07) is 5.56. The molecular weight excluding hydrogens is 379 g/mol. The van der Waals surface area contributed by atoms with Crippen LogP contribution in [-0.4, -0.2) is 43.0 Å². The first-order valence-corrected chi connectivity index (χ1v) is 10.5. The molecule has 4 atom stereocenters. The van der Waals surface area contributed by atoms with E-state index in [4.69, 9.17) is 0 Å². The summed E-state index contributed by atoms with van der Waals surface area (Å²) in [5.41, 5.74) is 0.0929. The lowest BCUT2D eigenvalue weighted by Crippen LogP contribution is -2.49. The van der Waals surface area contributed by atoms with Crippen LogP contribution in [0.25, 0.3) is 0 Å². The molecule has 0 unspecified atom stereocenters. The molecule has 7 heteroatoms. The molecule has 0 aromatic heterocycles. The Bertz CT molecular complexity index is 707. The molecule has 1 aliphatic carbocycles. The van der Waals surface area contributed by atoms with Gasteiger partial charge in [-0.25, -0.2) is 0 Å². The Kier molecular flexibility index (Phi) is 6.89. The number of likely N-dealkylation sites (N-methyl/N-ethyl adjacent to an activating group) is 1. The third-order valence-electron chi connectivity index (χ3n) is 6.29. The molecule has 2 N–H and O–H groups in total. The Morgan fingerprint density at radius 2 is 2.00 bits per heavy atom. The zero-order valence-electron chi connectivity index (χ0n) is 17.4. The highest BCUT2D eigenvalue weighted by atomic mass is 19.4. The highest BCUT2D eigenvalue weighted by Gasteiger charge is 2.43. The van der Waals surface area contributed by atoms with E-state index in [1.807, 2.05) is 7.05 Å². The summed E-state index contributed by atoms with van der Waals surface area (Å²) >= 11 is 0. The number of fused-ring (bicyclic) bond motifs is 1. The van der Waals surface area contributed by atoms with Crippen LogP contribution < -0.4 is 10.6 Å². The second-order valence-corrected chi connectivity index (χ2v) is 8.98. The van der Waals surface area contributed by atoms with Gasteiger partial charge in [0.15, 0.2) is 0 Å². The van der Waals surface area contributed by atoms with Crippen LogP contribution in [0.4, 0.5) is 13.2 Å². The highest BCUT2D eigenvalue weighted by Crippen LogP contribution is 2.39. The number of nitrogens with one attached hydrogen (secondary N) is 2. The molecule has 1 saturated heterocycles. The largest absolute Gasteiger partial charge is 0.416 e. The fraction of sp³-hybridized carbons (Fsp3) is 0.682. The number of carbonyl (C=O) groups is 1. The number of benzene rings is 1. The van der Waals surface area contributed by atoms with Crippen LogP contribution in [0.3, 0.4) is 0 Å². The maximum absolute atomic E-state index is 13.0. The van der Waals surface area contributed by atoms with Gasteiger partial charge in [-0.15, -0.1) is 0 Å². The fourth-order valence-corrected chi connectivity index (χ4v) is 4.88. The number of alkyl halides is 3. The summed E-state index contributed by atoms with van der Waals surface area (Å²) in [5.74, 6) is 1.37. The van der Waals surface area contributed by atoms with Crippen LogP contribution in [-0.2, 0) is 17.5 Å². The van der Waals surface area contributed by atoms with E-state index in [9.17, 15) is 18.0 Å². The van der Waals surface area contributed by atoms with Crippen LogP contribution in [0.1, 0.15) is 44.2 Å². The van der Waals surface area contributed by atoms with Crippen molar-refractivity contribution in [2.45, 2.75) is 57.9 Å². The number of likely N-dealkylation sites (tertiary alicyclic amines) is 1. The second-order valence-electron chi connectivity index (χ2n) is 8.98. The minimum atomic E-state index is -4.31. The first kappa shape index (κ1) is 22.1. The number of carbonyl (C=O) groups excluding carboxylic acids is 1. The number of hydrogen-bond donors (Lipinski definition) is 2. The molecule has 1 amide bonds. The van der Waals surface area contributed by atoms with Crippen molar-refractivity contribution in [2.24, 2.45) is 17.8 Å². The first-order valence-electron chi connectivity index (χ1n) is 10.5. The van der Waals surface area contributed by atoms with Crippen molar-refractivity contribution in [1.82, 2.24) is 15.5 Å². The predicted molar refractivity (Wildman–Crippen MR) is 107 cm³/mol. The van der Waals surface area contributed by atoms with E-state index in [0.29, 0.717) is 29.9 Å². The Hall–Kier alpha value is -1.60. The minimum Gasteiger partial charge on any atom is -0.352 e. The molecule has 1 aliphatic heterocycles. The summed E-state index contributed by atoms with van der Waals surface area (Å²) in [7, 11) is 1.82. The zero-order valence-corrected chi connectivity index (χ0v) is 17.4. The molecule has 2 fully saturated rings. The van der Waals surface area contributed by atoms with Crippen LogP contribution in [0, 0.1) is 17.8 Å². The maximum Gasteiger partial charge on any atom is 0.416 e. The van der Waals surface area contributed by atoms with Gasteiger partial charge in [0.1, 0.15) is 0 Å². The molecule has 3 rings (SSSR count). The quantitative estimate of drug-likeness (QED) is 0.720. The summed E-state index contributed by atoms with van der Waals surface area (Å²) in [5, 5.41) is 6.35. The van der Waals surface area contributed by atoms with Gasteiger partial charge in [-0.3, -0.25) is 9.69 Å². The molecule has 1 aromatic carbocycles. The number of rotatable bonds is 7. The van der Waals surface area contributed by atoms with Crippen molar-refractivity contribution >= 4 is 5.91 Å². The number of amides is 1. The Labute approximate surface area is 171 Å². The molecule has 1 aromatic rings. The Balaban J connectivity index is 1.58. The van der Waals surface area contributed by atoms with Gasteiger partial charge in [-0.2, -0.15) is 13.2 Å². The zero-order chi connectivity index (χ0) is 21.2. The molecule has 0 spiro atoms. The van der Waals surface area contributed by atoms with Crippen LogP contribution in [0.5, 0.6) is 0 Å². The number of nitrogens with zero attached hydrogens (tertiary/aromatic N) is 1. The molecule has 0 radical (unpaired) electrons. The predicted octanol–water partition coefficient (Wildman–Crippen LogP) is 3.67. The van der Waals surface area contributed by atoms with Crippen molar-refractivity contribution in [3.63, 3.8) is 0 Å². The van der Waals surface area contributed by atoms with Crippen LogP contribution >= 0.6 is 0 Å². The number of hydrogen-bond acceptors (Lipinski definition) is 3. The van der Waals surface area contributed by atoms with E-state index in [2.05, 4.69) is 29.4 Å². The van der Waals surface area contributed by atoms with Gasteiger partial charge in [0.2, 0.25) is 5.91 Å². The minimum absolute atomic E-state index is 0.0585. The van der Waals surface area contributed by atoms with E-state index < -0.39 is 11.7 Å². The average molecular weight is 412 g/mol. The van der Waals surface area contributed by atoms with E-state index in [-0.39, 0.29) is 18.0 Å². The molecule has 29 heavy (non-hydrogen) atoms. The van der Waals surface area contributed by atoms with Crippen LogP contribution in [0.2, 0.25) is 0 Å². The van der Waals surface area contributed by atoms with E-state index in [1.54, 1.807) is 6.07 Å². The van der Waals surface area contributed by atoms with E-state index >= 15 is 0 Å². The topological polar surface area (TPSA) is 44.4 Å². The number of halogens is 3. The summed E-state index contributed by atoms with van der Waals surface area (Å²) in [6.45, 7) is 6.43. The molecule has 1 heterocycles. The summed E-state index contributed by atoms with van der Waals surface area (Å²) in [4.78, 5) is 14.9. The normalized spacial score (nSPS) is 26.0. The average Bonchev–Trinajstić information content (AvgIpc) is 3.20. The van der Waals surface area contributed by atoms with Crippen molar-refractivity contribution in [2.75, 3.05) is 20.1 Å². The van der Waals surface area contributed by atoms with Gasteiger partial charge in [0, 0.05) is 25.7 Å². The van der Waals surface area contributed by atoms with Crippen molar-refractivity contribution in [1.29, 1.82) is 0 Å². The summed E-state index contributed by atoms with van der Waals surface area (Å²) in [6.07, 6.45) is -1.47. The van der Waals surface area contributed by atoms with Crippen molar-refractivity contribution < 1.29 is 18.0 Å². The molecular formula is C22H32F3N3O. The molecule has 2 aliphatic rings. The van der Waals surface area contributed by atoms with Gasteiger partial charge in [-0.1, -0.05) is 32.0 Å². The molecule has 1 saturated carbocycles. The lowest BCUT2D eigenvalue weighted by Gasteiger charge is -2.25. The third-order valence-corrected chi connectivity index (χ3v) is 6.29. The van der Waals surface area contributed by atoms with Crippen LogP contribution in [0.15, 0.2) is 24.3 Å². The first-order chi connectivity index (χ1) is 13.7. The Morgan fingerprint density at radius 1 is 1.24 bits per heavy atom. The highest BCUT2D eigenvalue weighted by molar-refractivity contribution is 5.82. The van der Waals surface area contributed by atoms with Gasteiger partial charge in [0.25, 0.3) is 0 Å². The monoisotopic (exact) mass is 411 g/mol. The third kappa shape index (κ3) is 5.51. The van der Waals surface area contributed by atoms with Gasteiger partial charge < -0.3 is 10.6 Å². The maximum atomic E-state index is 13.0. The molecule has 0 bridgehead atoms. The molecule has 162 valence electrons. The smallest absolute Gasteiger partial charge is 0.352 e. The SMILES string of the molecule is CN[C@@H](CC(C)C)C(=O)N[C@H]1CC[C@@H]2CN(Cc3cccc(C(F)(F)F)c3)C[C@@H]21. The lowest BCUT2D eigenvalue weighted by molar-refractivity contribution is -0.137. The Morgan fingerprint density at radius 3 is 2.66 bits per heavy atom. The standard InChI is InChI=1S/C22H32F3N3O/c1-14(2)9-20(26-3)21(29)27-19-8-7-16-12-28(13-18(16)19)11-15-5-4-6-17(10-15)22(23,24)25/h4-6,10,14,16,18-20,26H,7-9,11-13H2,1-3H3,(H,27,29)/t16-,18+,19+,20+/m1/s1. The summed E-state index contributed by atoms with van der Waals surface area (Å²) < 4.78 is 38.9.